The van der Waals surface area contributed by atoms with E-state index in [2.05, 4.69) is 10.1 Å². The highest BCUT2D eigenvalue weighted by Gasteiger charge is 2.33. The first kappa shape index (κ1) is 19.3. The van der Waals surface area contributed by atoms with Crippen LogP contribution >= 0.6 is 0 Å². The van der Waals surface area contributed by atoms with Crippen molar-refractivity contribution in [2.75, 3.05) is 45.0 Å². The van der Waals surface area contributed by atoms with Crippen molar-refractivity contribution in [1.82, 2.24) is 19.3 Å². The minimum absolute atomic E-state index is 0.0539. The Morgan fingerprint density at radius 1 is 1.19 bits per heavy atom. The lowest BCUT2D eigenvalue weighted by Gasteiger charge is -2.38. The second-order valence-electron chi connectivity index (χ2n) is 7.11. The fourth-order valence-corrected chi connectivity index (χ4v) is 4.79. The molecule has 2 fully saturated rings. The zero-order valence-electron chi connectivity index (χ0n) is 15.6. The molecule has 0 spiro atoms. The summed E-state index contributed by atoms with van der Waals surface area (Å²) in [5.41, 5.74) is 0.880. The first-order valence-electron chi connectivity index (χ1n) is 9.30. The third kappa shape index (κ3) is 4.44. The Labute approximate surface area is 155 Å². The summed E-state index contributed by atoms with van der Waals surface area (Å²) in [5.74, 6) is 1.10. The largest absolute Gasteiger partial charge is 0.360 e. The third-order valence-corrected chi connectivity index (χ3v) is 7.18. The molecule has 0 bridgehead atoms. The highest BCUT2D eigenvalue weighted by Crippen LogP contribution is 2.23. The van der Waals surface area contributed by atoms with Gasteiger partial charge in [0.1, 0.15) is 0 Å². The van der Waals surface area contributed by atoms with Gasteiger partial charge in [-0.3, -0.25) is 9.69 Å². The summed E-state index contributed by atoms with van der Waals surface area (Å²) in [7, 11) is -3.14. The van der Waals surface area contributed by atoms with E-state index in [1.165, 1.54) is 4.31 Å². The van der Waals surface area contributed by atoms with Gasteiger partial charge in [0.15, 0.2) is 5.76 Å². The number of hydrogen-bond acceptors (Lipinski definition) is 6. The molecule has 1 amide bonds. The van der Waals surface area contributed by atoms with Gasteiger partial charge >= 0.3 is 0 Å². The first-order valence-corrected chi connectivity index (χ1v) is 10.9. The molecule has 0 aliphatic carbocycles. The van der Waals surface area contributed by atoms with Crippen molar-refractivity contribution in [2.45, 2.75) is 33.2 Å². The van der Waals surface area contributed by atoms with Crippen LogP contribution in [0.2, 0.25) is 0 Å². The topological polar surface area (TPSA) is 87.0 Å². The predicted octanol–water partition coefficient (Wildman–Crippen LogP) is 0.689. The van der Waals surface area contributed by atoms with Crippen LogP contribution in [-0.2, 0) is 21.4 Å². The molecule has 0 atom stereocenters. The summed E-state index contributed by atoms with van der Waals surface area (Å²) in [5, 5.41) is 3.90. The molecule has 2 aliphatic heterocycles. The van der Waals surface area contributed by atoms with Crippen molar-refractivity contribution in [3.8, 4) is 0 Å². The number of aryl methyl sites for hydroxylation is 1. The molecule has 0 unspecified atom stereocenters. The van der Waals surface area contributed by atoms with E-state index < -0.39 is 10.0 Å². The number of piperazine rings is 1. The monoisotopic (exact) mass is 384 g/mol. The summed E-state index contributed by atoms with van der Waals surface area (Å²) >= 11 is 0. The van der Waals surface area contributed by atoms with Crippen LogP contribution < -0.4 is 0 Å². The molecule has 1 aromatic rings. The molecule has 2 aliphatic rings. The van der Waals surface area contributed by atoms with Gasteiger partial charge in [-0.05, 0) is 26.7 Å². The number of sulfonamides is 1. The summed E-state index contributed by atoms with van der Waals surface area (Å²) < 4.78 is 30.6. The Morgan fingerprint density at radius 2 is 1.85 bits per heavy atom. The number of amides is 1. The van der Waals surface area contributed by atoms with E-state index in [4.69, 9.17) is 4.52 Å². The maximum absolute atomic E-state index is 12.8. The lowest BCUT2D eigenvalue weighted by molar-refractivity contribution is -0.138. The van der Waals surface area contributed by atoms with Crippen molar-refractivity contribution in [3.05, 3.63) is 17.5 Å². The average molecular weight is 385 g/mol. The number of aromatic nitrogens is 1. The molecule has 0 radical (unpaired) electrons. The van der Waals surface area contributed by atoms with Gasteiger partial charge in [-0.1, -0.05) is 5.16 Å². The van der Waals surface area contributed by atoms with Crippen molar-refractivity contribution >= 4 is 15.9 Å². The van der Waals surface area contributed by atoms with Crippen LogP contribution in [0.15, 0.2) is 10.6 Å². The normalized spacial score (nSPS) is 21.2. The Kier molecular flexibility index (Phi) is 5.99. The highest BCUT2D eigenvalue weighted by atomic mass is 32.2. The number of nitrogens with zero attached hydrogens (tertiary/aromatic N) is 4. The van der Waals surface area contributed by atoms with Gasteiger partial charge in [0, 0.05) is 51.3 Å². The van der Waals surface area contributed by atoms with Crippen LogP contribution in [-0.4, -0.2) is 78.6 Å². The van der Waals surface area contributed by atoms with Crippen LogP contribution in [0.3, 0.4) is 0 Å². The van der Waals surface area contributed by atoms with E-state index in [1.807, 2.05) is 17.9 Å². The standard InChI is InChI=1S/C17H28N4O4S/c1-3-26(23,24)21-6-4-15(5-7-21)17(22)20-10-8-19(9-11-20)13-16-12-14(2)18-25-16/h12,15H,3-11,13H2,1-2H3. The Balaban J connectivity index is 1.45. The summed E-state index contributed by atoms with van der Waals surface area (Å²) in [6, 6.07) is 1.94. The van der Waals surface area contributed by atoms with Crippen LogP contribution in [0, 0.1) is 12.8 Å². The first-order chi connectivity index (χ1) is 12.4. The number of carbonyl (C=O) groups is 1. The van der Waals surface area contributed by atoms with Crippen molar-refractivity contribution in [3.63, 3.8) is 0 Å². The van der Waals surface area contributed by atoms with E-state index in [0.717, 1.165) is 31.1 Å². The lowest BCUT2D eigenvalue weighted by atomic mass is 9.96. The van der Waals surface area contributed by atoms with Gasteiger partial charge in [0.25, 0.3) is 0 Å². The molecule has 1 aromatic heterocycles. The smallest absolute Gasteiger partial charge is 0.225 e. The SMILES string of the molecule is CCS(=O)(=O)N1CCC(C(=O)N2CCN(Cc3cc(C)no3)CC2)CC1. The molecule has 0 N–H and O–H groups in total. The fourth-order valence-electron chi connectivity index (χ4n) is 3.66. The molecule has 0 saturated carbocycles. The summed E-state index contributed by atoms with van der Waals surface area (Å²) in [6.45, 7) is 8.24. The zero-order chi connectivity index (χ0) is 18.7. The minimum Gasteiger partial charge on any atom is -0.360 e. The van der Waals surface area contributed by atoms with Gasteiger partial charge in [-0.15, -0.1) is 0 Å². The molecule has 3 heterocycles. The Bertz CT molecular complexity index is 717. The van der Waals surface area contributed by atoms with E-state index in [9.17, 15) is 13.2 Å². The second kappa shape index (κ2) is 8.06. The van der Waals surface area contributed by atoms with Gasteiger partial charge in [-0.2, -0.15) is 0 Å². The molecule has 26 heavy (non-hydrogen) atoms. The molecular weight excluding hydrogens is 356 g/mol. The molecule has 9 heteroatoms. The molecule has 2 saturated heterocycles. The molecule has 146 valence electrons. The van der Waals surface area contributed by atoms with Crippen molar-refractivity contribution < 1.29 is 17.7 Å². The third-order valence-electron chi connectivity index (χ3n) is 5.30. The maximum atomic E-state index is 12.8. The maximum Gasteiger partial charge on any atom is 0.225 e. The van der Waals surface area contributed by atoms with E-state index >= 15 is 0 Å². The molecular formula is C17H28N4O4S. The minimum atomic E-state index is -3.14. The van der Waals surface area contributed by atoms with Crippen LogP contribution in [0.1, 0.15) is 31.2 Å². The molecule has 3 rings (SSSR count). The van der Waals surface area contributed by atoms with Gasteiger partial charge in [0.2, 0.25) is 15.9 Å². The van der Waals surface area contributed by atoms with Crippen molar-refractivity contribution in [1.29, 1.82) is 0 Å². The Morgan fingerprint density at radius 3 is 2.38 bits per heavy atom. The molecule has 8 nitrogen and oxygen atoms in total. The number of piperidine rings is 1. The zero-order valence-corrected chi connectivity index (χ0v) is 16.4. The Hall–Kier alpha value is -1.45. The van der Waals surface area contributed by atoms with Crippen molar-refractivity contribution in [2.24, 2.45) is 5.92 Å². The van der Waals surface area contributed by atoms with Crippen LogP contribution in [0.25, 0.3) is 0 Å². The van der Waals surface area contributed by atoms with Crippen LogP contribution in [0.4, 0.5) is 0 Å². The number of carbonyl (C=O) groups excluding carboxylic acids is 1. The fraction of sp³-hybridized carbons (Fsp3) is 0.765. The average Bonchev–Trinajstić information content (AvgIpc) is 3.06. The van der Waals surface area contributed by atoms with Gasteiger partial charge in [-0.25, -0.2) is 12.7 Å². The lowest BCUT2D eigenvalue weighted by Crippen LogP contribution is -2.51. The number of hydrogen-bond donors (Lipinski definition) is 0. The van der Waals surface area contributed by atoms with E-state index in [0.29, 0.717) is 39.0 Å². The predicted molar refractivity (Wildman–Crippen MR) is 96.9 cm³/mol. The van der Waals surface area contributed by atoms with Gasteiger partial charge in [0.05, 0.1) is 18.0 Å². The summed E-state index contributed by atoms with van der Waals surface area (Å²) in [6.07, 6.45) is 1.24. The van der Waals surface area contributed by atoms with E-state index in [1.54, 1.807) is 6.92 Å². The second-order valence-corrected chi connectivity index (χ2v) is 9.37. The summed E-state index contributed by atoms with van der Waals surface area (Å²) in [4.78, 5) is 16.9. The van der Waals surface area contributed by atoms with Gasteiger partial charge < -0.3 is 9.42 Å². The van der Waals surface area contributed by atoms with E-state index in [-0.39, 0.29) is 17.6 Å². The number of rotatable bonds is 5. The molecule has 0 aromatic carbocycles. The quantitative estimate of drug-likeness (QED) is 0.742. The van der Waals surface area contributed by atoms with Crippen LogP contribution in [0.5, 0.6) is 0 Å². The highest BCUT2D eigenvalue weighted by molar-refractivity contribution is 7.89.